The zero-order valence-corrected chi connectivity index (χ0v) is 14.0. The lowest BCUT2D eigenvalue weighted by molar-refractivity contribution is 0.336. The van der Waals surface area contributed by atoms with Crippen molar-refractivity contribution in [2.24, 2.45) is 0 Å². The van der Waals surface area contributed by atoms with Gasteiger partial charge in [-0.3, -0.25) is 0 Å². The van der Waals surface area contributed by atoms with Crippen LogP contribution in [0, 0.1) is 0 Å². The van der Waals surface area contributed by atoms with Crippen LogP contribution < -0.4 is 9.47 Å². The number of ether oxygens (including phenoxy) is 2. The summed E-state index contributed by atoms with van der Waals surface area (Å²) >= 11 is 6.51. The van der Waals surface area contributed by atoms with Crippen molar-refractivity contribution in [1.29, 1.82) is 0 Å². The standard InChI is InChI=1S/C17H22ClNO2/c1-6-20-12-8-9-13(21-7-2)16-15(12)11(18)10-14(19-16)17(3,4)5/h8-10H,6-7H2,1-5H3. The molecule has 0 fully saturated rings. The average molecular weight is 308 g/mol. The minimum Gasteiger partial charge on any atom is -0.493 e. The molecule has 1 aromatic carbocycles. The summed E-state index contributed by atoms with van der Waals surface area (Å²) in [7, 11) is 0. The van der Waals surface area contributed by atoms with Gasteiger partial charge in [0.2, 0.25) is 0 Å². The summed E-state index contributed by atoms with van der Waals surface area (Å²) in [5.74, 6) is 1.48. The number of pyridine rings is 1. The molecule has 0 bridgehead atoms. The Bertz CT molecular complexity index is 647. The van der Waals surface area contributed by atoms with E-state index in [9.17, 15) is 0 Å². The molecular formula is C17H22ClNO2. The summed E-state index contributed by atoms with van der Waals surface area (Å²) in [5.41, 5.74) is 1.62. The molecule has 2 rings (SSSR count). The van der Waals surface area contributed by atoms with E-state index in [-0.39, 0.29) is 5.41 Å². The van der Waals surface area contributed by atoms with Crippen molar-refractivity contribution in [3.05, 3.63) is 28.9 Å². The number of hydrogen-bond acceptors (Lipinski definition) is 3. The topological polar surface area (TPSA) is 31.4 Å². The van der Waals surface area contributed by atoms with Crippen LogP contribution in [0.2, 0.25) is 5.02 Å². The molecule has 2 aromatic rings. The third-order valence-electron chi connectivity index (χ3n) is 3.21. The third kappa shape index (κ3) is 3.24. The van der Waals surface area contributed by atoms with E-state index < -0.39 is 0 Å². The zero-order chi connectivity index (χ0) is 15.6. The number of benzene rings is 1. The molecule has 0 aliphatic carbocycles. The number of fused-ring (bicyclic) bond motifs is 1. The fraction of sp³-hybridized carbons (Fsp3) is 0.471. The molecule has 0 aliphatic heterocycles. The largest absolute Gasteiger partial charge is 0.493 e. The van der Waals surface area contributed by atoms with Gasteiger partial charge in [-0.05, 0) is 32.0 Å². The Morgan fingerprint density at radius 2 is 1.62 bits per heavy atom. The van der Waals surface area contributed by atoms with Gasteiger partial charge in [-0.2, -0.15) is 0 Å². The highest BCUT2D eigenvalue weighted by Crippen LogP contribution is 2.39. The van der Waals surface area contributed by atoms with Crippen LogP contribution in [-0.2, 0) is 5.41 Å². The lowest BCUT2D eigenvalue weighted by Gasteiger charge is -2.20. The maximum atomic E-state index is 6.51. The second kappa shape index (κ2) is 6.10. The molecule has 0 saturated carbocycles. The molecule has 0 unspecified atom stereocenters. The van der Waals surface area contributed by atoms with Gasteiger partial charge < -0.3 is 9.47 Å². The molecule has 21 heavy (non-hydrogen) atoms. The fourth-order valence-corrected chi connectivity index (χ4v) is 2.46. The third-order valence-corrected chi connectivity index (χ3v) is 3.50. The molecule has 0 saturated heterocycles. The Morgan fingerprint density at radius 1 is 1.05 bits per heavy atom. The Morgan fingerprint density at radius 3 is 2.19 bits per heavy atom. The van der Waals surface area contributed by atoms with E-state index in [0.29, 0.717) is 18.2 Å². The van der Waals surface area contributed by atoms with Crippen molar-refractivity contribution in [2.75, 3.05) is 13.2 Å². The van der Waals surface area contributed by atoms with Crippen LogP contribution in [0.1, 0.15) is 40.3 Å². The SMILES string of the molecule is CCOc1ccc(OCC)c2c(Cl)cc(C(C)(C)C)nc12. The van der Waals surface area contributed by atoms with Crippen LogP contribution in [0.5, 0.6) is 11.5 Å². The molecule has 0 spiro atoms. The summed E-state index contributed by atoms with van der Waals surface area (Å²) in [6.45, 7) is 11.4. The molecule has 114 valence electrons. The highest BCUT2D eigenvalue weighted by atomic mass is 35.5. The number of aromatic nitrogens is 1. The lowest BCUT2D eigenvalue weighted by atomic mass is 9.91. The minimum absolute atomic E-state index is 0.0804. The van der Waals surface area contributed by atoms with E-state index in [4.69, 9.17) is 26.1 Å². The summed E-state index contributed by atoms with van der Waals surface area (Å²) in [4.78, 5) is 4.78. The first kappa shape index (κ1) is 15.9. The Balaban J connectivity index is 2.77. The fourth-order valence-electron chi connectivity index (χ4n) is 2.17. The van der Waals surface area contributed by atoms with Crippen molar-refractivity contribution in [3.8, 4) is 11.5 Å². The van der Waals surface area contributed by atoms with Gasteiger partial charge in [0, 0.05) is 11.1 Å². The van der Waals surface area contributed by atoms with Crippen molar-refractivity contribution < 1.29 is 9.47 Å². The average Bonchev–Trinajstić information content (AvgIpc) is 2.40. The molecule has 4 heteroatoms. The number of rotatable bonds is 4. The molecule has 1 heterocycles. The summed E-state index contributed by atoms with van der Waals surface area (Å²) in [5, 5.41) is 1.47. The zero-order valence-electron chi connectivity index (χ0n) is 13.3. The lowest BCUT2D eigenvalue weighted by Crippen LogP contribution is -2.14. The van der Waals surface area contributed by atoms with Crippen molar-refractivity contribution >= 4 is 22.5 Å². The first-order valence-electron chi connectivity index (χ1n) is 7.27. The summed E-state index contributed by atoms with van der Waals surface area (Å²) in [6.07, 6.45) is 0. The normalized spacial score (nSPS) is 11.7. The second-order valence-electron chi connectivity index (χ2n) is 5.89. The first-order chi connectivity index (χ1) is 9.88. The molecule has 0 amide bonds. The predicted molar refractivity (Wildman–Crippen MR) is 87.8 cm³/mol. The van der Waals surface area contributed by atoms with E-state index in [2.05, 4.69) is 20.8 Å². The quantitative estimate of drug-likeness (QED) is 0.798. The smallest absolute Gasteiger partial charge is 0.145 e. The number of hydrogen-bond donors (Lipinski definition) is 0. The van der Waals surface area contributed by atoms with Gasteiger partial charge in [0.15, 0.2) is 0 Å². The van der Waals surface area contributed by atoms with E-state index in [1.165, 1.54) is 0 Å². The molecule has 0 atom stereocenters. The van der Waals surface area contributed by atoms with Crippen LogP contribution in [0.15, 0.2) is 18.2 Å². The molecular weight excluding hydrogens is 286 g/mol. The van der Waals surface area contributed by atoms with Gasteiger partial charge in [-0.15, -0.1) is 0 Å². The summed E-state index contributed by atoms with van der Waals surface area (Å²) < 4.78 is 11.4. The maximum Gasteiger partial charge on any atom is 0.145 e. The Hall–Kier alpha value is -1.48. The predicted octanol–water partition coefficient (Wildman–Crippen LogP) is 4.98. The minimum atomic E-state index is -0.0804. The molecule has 0 N–H and O–H groups in total. The summed E-state index contributed by atoms with van der Waals surface area (Å²) in [6, 6.07) is 5.70. The van der Waals surface area contributed by atoms with E-state index in [1.807, 2.05) is 32.0 Å². The molecule has 3 nitrogen and oxygen atoms in total. The van der Waals surface area contributed by atoms with Crippen molar-refractivity contribution in [1.82, 2.24) is 4.98 Å². The van der Waals surface area contributed by atoms with Crippen LogP contribution in [0.3, 0.4) is 0 Å². The Kier molecular flexibility index (Phi) is 4.62. The monoisotopic (exact) mass is 307 g/mol. The van der Waals surface area contributed by atoms with Crippen LogP contribution in [0.4, 0.5) is 0 Å². The van der Waals surface area contributed by atoms with Gasteiger partial charge in [0.25, 0.3) is 0 Å². The van der Waals surface area contributed by atoms with E-state index >= 15 is 0 Å². The maximum absolute atomic E-state index is 6.51. The molecule has 0 aliphatic rings. The number of halogens is 1. The first-order valence-corrected chi connectivity index (χ1v) is 7.65. The highest BCUT2D eigenvalue weighted by molar-refractivity contribution is 6.36. The number of nitrogens with zero attached hydrogens (tertiary/aromatic N) is 1. The van der Waals surface area contributed by atoms with Gasteiger partial charge in [-0.25, -0.2) is 4.98 Å². The van der Waals surface area contributed by atoms with Crippen molar-refractivity contribution in [3.63, 3.8) is 0 Å². The van der Waals surface area contributed by atoms with Crippen LogP contribution >= 0.6 is 11.6 Å². The Labute approximate surface area is 131 Å². The van der Waals surface area contributed by atoms with Gasteiger partial charge >= 0.3 is 0 Å². The van der Waals surface area contributed by atoms with E-state index in [1.54, 1.807) is 0 Å². The highest BCUT2D eigenvalue weighted by Gasteiger charge is 2.21. The second-order valence-corrected chi connectivity index (χ2v) is 6.30. The van der Waals surface area contributed by atoms with Gasteiger partial charge in [-0.1, -0.05) is 32.4 Å². The molecule has 0 radical (unpaired) electrons. The van der Waals surface area contributed by atoms with Crippen LogP contribution in [-0.4, -0.2) is 18.2 Å². The van der Waals surface area contributed by atoms with Crippen LogP contribution in [0.25, 0.3) is 10.9 Å². The molecule has 1 aromatic heterocycles. The van der Waals surface area contributed by atoms with Gasteiger partial charge in [0.1, 0.15) is 17.0 Å². The van der Waals surface area contributed by atoms with E-state index in [0.717, 1.165) is 28.1 Å². The van der Waals surface area contributed by atoms with Gasteiger partial charge in [0.05, 0.1) is 23.6 Å². The van der Waals surface area contributed by atoms with Crippen molar-refractivity contribution in [2.45, 2.75) is 40.0 Å².